The Kier molecular flexibility index (Phi) is 19.2. The molecule has 0 bridgehead atoms. The smallest absolute Gasteiger partial charge is 0.415 e. The van der Waals surface area contributed by atoms with Crippen LogP contribution in [-0.2, 0) is 70.0 Å². The number of nitrogens with one attached hydrogen (secondary N) is 3. The standard InChI is InChI=1S/C57H69N9O14/c1-7-38-39-28-37(19-20-43(39)61-50-40(38)30-66-44(50)29-42-41(52(66)72)32-78-53(73)57(42,77)8-2)80-56(76)64(6)26-25-63(5)55(75)79-31-34-15-17-36(18-16-34)60-51(71)35(13-12-23-59-54(58)74)27-45(67)49(33(3)4)62-46(68)14-10-9-11-24-65-47(69)21-22-48(65)70/h15-22,28-29,33,35,49,77H,7-14,23-27,30-32H2,1-6H3,(H,60,71)(H,62,68)(H3,58,59,74)/t35-,49?,57?/m1/s1. The monoisotopic (exact) mass is 1100 g/mol. The summed E-state index contributed by atoms with van der Waals surface area (Å²) in [5.41, 5.74) is 7.73. The number of carbonyl (C=O) groups excluding carboxylic acids is 9. The third kappa shape index (κ3) is 13.7. The Hall–Kier alpha value is -8.47. The SMILES string of the molecule is CCc1c2c(nc3ccc(OC(=O)N(C)CCN(C)C(=O)OCc4ccc(NC(=O)[C@H](CCCNC(N)=O)CC(=O)C(NC(=O)CCCCCN5C(=O)C=CC5=O)C(C)C)cc4)cc13)-c1cc3c(c(=O)n1C2)COC(=O)C3(O)CC. The molecule has 23 heteroatoms. The number of anilines is 1. The van der Waals surface area contributed by atoms with Gasteiger partial charge in [-0.15, -0.1) is 0 Å². The predicted molar refractivity (Wildman–Crippen MR) is 291 cm³/mol. The van der Waals surface area contributed by atoms with Crippen LogP contribution in [0, 0.1) is 11.8 Å². The van der Waals surface area contributed by atoms with Crippen molar-refractivity contribution in [2.75, 3.05) is 45.6 Å². The quantitative estimate of drug-likeness (QED) is 0.0294. The number of carbonyl (C=O) groups is 9. The van der Waals surface area contributed by atoms with Crippen LogP contribution in [0.2, 0.25) is 0 Å². The van der Waals surface area contributed by atoms with Crippen molar-refractivity contribution in [3.63, 3.8) is 0 Å². The minimum absolute atomic E-state index is 0.0257. The van der Waals surface area contributed by atoms with E-state index in [1.165, 1.54) is 36.0 Å². The van der Waals surface area contributed by atoms with Crippen LogP contribution in [0.4, 0.5) is 20.1 Å². The molecule has 3 aliphatic heterocycles. The molecule has 0 aliphatic carbocycles. The molecule has 8 amide bonds. The summed E-state index contributed by atoms with van der Waals surface area (Å²) in [7, 11) is 3.06. The maximum atomic E-state index is 13.7. The molecular formula is C57H69N9O14. The van der Waals surface area contributed by atoms with Crippen LogP contribution < -0.4 is 32.0 Å². The molecule has 0 radical (unpaired) electrons. The summed E-state index contributed by atoms with van der Waals surface area (Å²) >= 11 is 0. The van der Waals surface area contributed by atoms with Gasteiger partial charge in [0.05, 0.1) is 35.1 Å². The molecule has 3 aliphatic rings. The first kappa shape index (κ1) is 59.2. The second-order valence-corrected chi connectivity index (χ2v) is 20.6. The number of amides is 8. The molecule has 23 nitrogen and oxygen atoms in total. The second kappa shape index (κ2) is 26.0. The normalized spacial score (nSPS) is 15.8. The molecule has 6 N–H and O–H groups in total. The Morgan fingerprint density at radius 3 is 2.25 bits per heavy atom. The number of ketones is 1. The molecule has 7 rings (SSSR count). The number of aryl methyl sites for hydroxylation is 1. The van der Waals surface area contributed by atoms with Gasteiger partial charge in [-0.3, -0.25) is 33.7 Å². The van der Waals surface area contributed by atoms with Gasteiger partial charge >= 0.3 is 24.2 Å². The molecule has 3 atom stereocenters. The number of aliphatic hydroxyl groups is 1. The summed E-state index contributed by atoms with van der Waals surface area (Å²) in [6, 6.07) is 11.7. The molecule has 4 aromatic rings. The first-order valence-corrected chi connectivity index (χ1v) is 26.9. The lowest BCUT2D eigenvalue weighted by Gasteiger charge is -2.31. The molecule has 5 heterocycles. The molecule has 80 heavy (non-hydrogen) atoms. The molecule has 0 saturated carbocycles. The highest BCUT2D eigenvalue weighted by Gasteiger charge is 2.45. The number of Topliss-reactive ketones (excluding diaryl/α,β-unsaturated/α-hetero) is 1. The molecule has 2 aromatic heterocycles. The fraction of sp³-hybridized carbons (Fsp3) is 0.456. The highest BCUT2D eigenvalue weighted by molar-refractivity contribution is 6.12. The zero-order chi connectivity index (χ0) is 58.0. The van der Waals surface area contributed by atoms with Crippen LogP contribution in [0.15, 0.2) is 65.5 Å². The summed E-state index contributed by atoms with van der Waals surface area (Å²) in [4.78, 5) is 137. The van der Waals surface area contributed by atoms with Gasteiger partial charge in [-0.25, -0.2) is 24.2 Å². The summed E-state index contributed by atoms with van der Waals surface area (Å²) in [6.45, 7) is 7.70. The first-order chi connectivity index (χ1) is 38.1. The molecule has 426 valence electrons. The predicted octanol–water partition coefficient (Wildman–Crippen LogP) is 4.93. The van der Waals surface area contributed by atoms with Crippen molar-refractivity contribution in [3.05, 3.63) is 98.9 Å². The van der Waals surface area contributed by atoms with E-state index < -0.39 is 47.7 Å². The van der Waals surface area contributed by atoms with Crippen LogP contribution in [-0.4, -0.2) is 129 Å². The number of primary amides is 1. The number of ether oxygens (including phenoxy) is 3. The van der Waals surface area contributed by atoms with Gasteiger partial charge < -0.3 is 55.4 Å². The van der Waals surface area contributed by atoms with Crippen LogP contribution in [0.3, 0.4) is 0 Å². The maximum Gasteiger partial charge on any atom is 0.415 e. The number of hydrogen-bond donors (Lipinski definition) is 5. The van der Waals surface area contributed by atoms with Crippen LogP contribution >= 0.6 is 0 Å². The van der Waals surface area contributed by atoms with Crippen molar-refractivity contribution in [3.8, 4) is 17.1 Å². The number of esters is 1. The van der Waals surface area contributed by atoms with Gasteiger partial charge in [0, 0.05) is 93.4 Å². The molecule has 0 spiro atoms. The number of nitrogens with two attached hydrogens (primary N) is 1. The summed E-state index contributed by atoms with van der Waals surface area (Å²) in [6.07, 6.45) is 3.78. The molecule has 0 fully saturated rings. The van der Waals surface area contributed by atoms with E-state index in [0.29, 0.717) is 60.3 Å². The Bertz CT molecular complexity index is 3150. The summed E-state index contributed by atoms with van der Waals surface area (Å²) < 4.78 is 18.1. The fourth-order valence-corrected chi connectivity index (χ4v) is 9.96. The summed E-state index contributed by atoms with van der Waals surface area (Å²) in [5.74, 6) is -3.51. The third-order valence-electron chi connectivity index (χ3n) is 14.7. The van der Waals surface area contributed by atoms with E-state index in [0.717, 1.165) is 21.4 Å². The van der Waals surface area contributed by atoms with Gasteiger partial charge in [0.15, 0.2) is 11.4 Å². The second-order valence-electron chi connectivity index (χ2n) is 20.6. The Morgan fingerprint density at radius 1 is 0.887 bits per heavy atom. The minimum atomic E-state index is -1.95. The van der Waals surface area contributed by atoms with Gasteiger partial charge in [0.2, 0.25) is 11.8 Å². The van der Waals surface area contributed by atoms with Crippen LogP contribution in [0.25, 0.3) is 22.3 Å². The van der Waals surface area contributed by atoms with E-state index in [-0.39, 0.29) is 123 Å². The van der Waals surface area contributed by atoms with Crippen molar-refractivity contribution < 1.29 is 62.5 Å². The van der Waals surface area contributed by atoms with Gasteiger partial charge in [-0.05, 0) is 92.0 Å². The number of pyridine rings is 2. The topological polar surface area (TPSA) is 308 Å². The fourth-order valence-electron chi connectivity index (χ4n) is 9.96. The van der Waals surface area contributed by atoms with E-state index >= 15 is 0 Å². The van der Waals surface area contributed by atoms with Crippen molar-refractivity contribution in [2.45, 2.75) is 117 Å². The number of cyclic esters (lactones) is 1. The lowest BCUT2D eigenvalue weighted by atomic mass is 9.86. The van der Waals surface area contributed by atoms with Gasteiger partial charge in [-0.2, -0.15) is 0 Å². The number of nitrogens with zero attached hydrogens (tertiary/aromatic N) is 5. The molecule has 2 unspecified atom stereocenters. The molecular weight excluding hydrogens is 1030 g/mol. The highest BCUT2D eigenvalue weighted by atomic mass is 16.6. The van der Waals surface area contributed by atoms with Crippen molar-refractivity contribution in [1.82, 2.24) is 34.9 Å². The lowest BCUT2D eigenvalue weighted by molar-refractivity contribution is -0.172. The number of benzene rings is 2. The molecule has 2 aromatic carbocycles. The minimum Gasteiger partial charge on any atom is -0.458 e. The number of unbranched alkanes of at least 4 members (excludes halogenated alkanes) is 2. The van der Waals surface area contributed by atoms with Crippen molar-refractivity contribution in [2.24, 2.45) is 17.6 Å². The lowest BCUT2D eigenvalue weighted by Crippen LogP contribution is -2.45. The number of urea groups is 1. The molecule has 0 saturated heterocycles. The Balaban J connectivity index is 0.876. The number of rotatable bonds is 25. The van der Waals surface area contributed by atoms with Crippen molar-refractivity contribution in [1.29, 1.82) is 0 Å². The number of aromatic nitrogens is 2. The number of hydrogen-bond acceptors (Lipinski definition) is 15. The highest BCUT2D eigenvalue weighted by Crippen LogP contribution is 2.41. The average molecular weight is 1100 g/mol. The van der Waals surface area contributed by atoms with Crippen LogP contribution in [0.5, 0.6) is 5.75 Å². The van der Waals surface area contributed by atoms with Crippen molar-refractivity contribution >= 4 is 70.2 Å². The number of fused-ring (bicyclic) bond motifs is 5. The van der Waals surface area contributed by atoms with E-state index in [4.69, 9.17) is 24.9 Å². The van der Waals surface area contributed by atoms with E-state index in [2.05, 4.69) is 16.0 Å². The maximum absolute atomic E-state index is 13.7. The van der Waals surface area contributed by atoms with E-state index in [1.807, 2.05) is 6.92 Å². The summed E-state index contributed by atoms with van der Waals surface area (Å²) in [5, 5.41) is 20.1. The zero-order valence-electron chi connectivity index (χ0n) is 45.9. The zero-order valence-corrected chi connectivity index (χ0v) is 45.9. The number of imide groups is 1. The Morgan fingerprint density at radius 2 is 1.59 bits per heavy atom. The Labute approximate surface area is 462 Å². The largest absolute Gasteiger partial charge is 0.458 e. The van der Waals surface area contributed by atoms with E-state index in [9.17, 15) is 53.1 Å². The third-order valence-corrected chi connectivity index (χ3v) is 14.7. The van der Waals surface area contributed by atoms with E-state index in [1.54, 1.807) is 73.9 Å². The van der Waals surface area contributed by atoms with Gasteiger partial charge in [0.1, 0.15) is 19.0 Å². The van der Waals surface area contributed by atoms with Crippen LogP contribution in [0.1, 0.15) is 107 Å². The van der Waals surface area contributed by atoms with Gasteiger partial charge in [0.25, 0.3) is 17.4 Å². The average Bonchev–Trinajstić information content (AvgIpc) is 3.97. The number of likely N-dealkylation sites (N-methyl/N-ethyl adjacent to an activating group) is 2. The van der Waals surface area contributed by atoms with Gasteiger partial charge in [-0.1, -0.05) is 46.2 Å². The first-order valence-electron chi connectivity index (χ1n) is 26.9.